The van der Waals surface area contributed by atoms with E-state index in [9.17, 15) is 20.1 Å². The summed E-state index contributed by atoms with van der Waals surface area (Å²) < 4.78 is 4.55. The van der Waals surface area contributed by atoms with E-state index in [-0.39, 0.29) is 5.97 Å². The van der Waals surface area contributed by atoms with Crippen molar-refractivity contribution in [3.63, 3.8) is 0 Å². The van der Waals surface area contributed by atoms with Gasteiger partial charge in [-0.05, 0) is 26.2 Å². The van der Waals surface area contributed by atoms with Crippen LogP contribution in [0.2, 0.25) is 0 Å². The maximum atomic E-state index is 11.0. The largest absolute Gasteiger partial charge is 0.469 e. The average Bonchev–Trinajstić information content (AvgIpc) is 2.65. The molecule has 0 saturated carbocycles. The molecule has 0 aliphatic heterocycles. The number of rotatable bonds is 14. The van der Waals surface area contributed by atoms with E-state index in [0.717, 1.165) is 24.8 Å². The topological polar surface area (TPSA) is 87.0 Å². The molecule has 5 heteroatoms. The van der Waals surface area contributed by atoms with Gasteiger partial charge in [0.25, 0.3) is 0 Å². The number of carbonyl (C=O) groups excluding carboxylic acids is 1. The van der Waals surface area contributed by atoms with Gasteiger partial charge >= 0.3 is 5.97 Å². The van der Waals surface area contributed by atoms with Crippen molar-refractivity contribution in [3.05, 3.63) is 48.1 Å². The van der Waals surface area contributed by atoms with Gasteiger partial charge < -0.3 is 20.1 Å². The Morgan fingerprint density at radius 2 is 1.74 bits per heavy atom. The number of methoxy groups -OCH3 is 1. The Kier molecular flexibility index (Phi) is 15.4. The second-order valence-corrected chi connectivity index (χ2v) is 6.63. The van der Waals surface area contributed by atoms with E-state index in [0.29, 0.717) is 25.7 Å². The second kappa shape index (κ2) is 16.5. The Labute approximate surface area is 163 Å². The van der Waals surface area contributed by atoms with Gasteiger partial charge in [0.2, 0.25) is 0 Å². The summed E-state index contributed by atoms with van der Waals surface area (Å²) in [6, 6.07) is 0. The van der Waals surface area contributed by atoms with Crippen molar-refractivity contribution in [1.29, 1.82) is 0 Å². The highest BCUT2D eigenvalue weighted by molar-refractivity contribution is 5.68. The van der Waals surface area contributed by atoms with Crippen LogP contribution in [-0.4, -0.2) is 46.7 Å². The molecule has 5 nitrogen and oxygen atoms in total. The summed E-state index contributed by atoms with van der Waals surface area (Å²) in [5, 5.41) is 29.5. The fourth-order valence-electron chi connectivity index (χ4n) is 2.32. The van der Waals surface area contributed by atoms with Gasteiger partial charge in [-0.1, -0.05) is 74.3 Å². The van der Waals surface area contributed by atoms with Crippen molar-refractivity contribution < 1.29 is 24.9 Å². The van der Waals surface area contributed by atoms with E-state index < -0.39 is 18.3 Å². The van der Waals surface area contributed by atoms with Gasteiger partial charge in [-0.3, -0.25) is 4.79 Å². The lowest BCUT2D eigenvalue weighted by atomic mass is 10.1. The Morgan fingerprint density at radius 3 is 2.41 bits per heavy atom. The van der Waals surface area contributed by atoms with E-state index >= 15 is 0 Å². The third-order valence-electron chi connectivity index (χ3n) is 4.08. The first kappa shape index (κ1) is 25.3. The first-order valence-corrected chi connectivity index (χ1v) is 9.71. The number of ether oxygens (including phenoxy) is 1. The molecule has 0 bridgehead atoms. The number of allylic oxidation sites excluding steroid dienone is 6. The molecule has 0 spiro atoms. The lowest BCUT2D eigenvalue weighted by Gasteiger charge is -2.13. The highest BCUT2D eigenvalue weighted by atomic mass is 16.5. The van der Waals surface area contributed by atoms with Crippen LogP contribution in [-0.2, 0) is 9.53 Å². The van der Waals surface area contributed by atoms with E-state index in [1.807, 2.05) is 25.2 Å². The summed E-state index contributed by atoms with van der Waals surface area (Å²) in [6.45, 7) is 4.02. The lowest BCUT2D eigenvalue weighted by molar-refractivity contribution is -0.140. The number of aliphatic hydroxyl groups is 3. The average molecular weight is 381 g/mol. The molecule has 0 fully saturated rings. The van der Waals surface area contributed by atoms with E-state index in [2.05, 4.69) is 11.7 Å². The van der Waals surface area contributed by atoms with Gasteiger partial charge in [-0.25, -0.2) is 0 Å². The highest BCUT2D eigenvalue weighted by Gasteiger charge is 2.11. The third-order valence-corrected chi connectivity index (χ3v) is 4.08. The molecule has 3 N–H and O–H groups in total. The number of hydrogen-bond acceptors (Lipinski definition) is 5. The lowest BCUT2D eigenvalue weighted by Crippen LogP contribution is -2.23. The van der Waals surface area contributed by atoms with Crippen LogP contribution in [0.25, 0.3) is 0 Å². The van der Waals surface area contributed by atoms with Gasteiger partial charge in [0, 0.05) is 6.42 Å². The maximum absolute atomic E-state index is 11.0. The summed E-state index contributed by atoms with van der Waals surface area (Å²) in [4.78, 5) is 11.0. The van der Waals surface area contributed by atoms with Crippen molar-refractivity contribution in [2.24, 2.45) is 0 Å². The first-order chi connectivity index (χ1) is 12.9. The smallest absolute Gasteiger partial charge is 0.305 e. The van der Waals surface area contributed by atoms with Gasteiger partial charge in [-0.2, -0.15) is 0 Å². The highest BCUT2D eigenvalue weighted by Crippen LogP contribution is 2.08. The summed E-state index contributed by atoms with van der Waals surface area (Å²) in [5.74, 6) is -0.265. The number of hydrogen-bond donors (Lipinski definition) is 3. The normalized spacial score (nSPS) is 16.3. The molecule has 3 atom stereocenters. The fourth-order valence-corrected chi connectivity index (χ4v) is 2.32. The van der Waals surface area contributed by atoms with E-state index in [1.54, 1.807) is 24.3 Å². The molecule has 0 amide bonds. The molecular weight excluding hydrogens is 344 g/mol. The summed E-state index contributed by atoms with van der Waals surface area (Å²) in [7, 11) is 1.35. The van der Waals surface area contributed by atoms with Gasteiger partial charge in [0.05, 0.1) is 25.4 Å². The number of esters is 1. The summed E-state index contributed by atoms with van der Waals surface area (Å²) in [5.41, 5.74) is 0.965. The molecule has 27 heavy (non-hydrogen) atoms. The van der Waals surface area contributed by atoms with Crippen molar-refractivity contribution in [3.8, 4) is 0 Å². The van der Waals surface area contributed by atoms with E-state index in [4.69, 9.17) is 0 Å². The fraction of sp³-hybridized carbons (Fsp3) is 0.591. The molecule has 0 aliphatic carbocycles. The maximum Gasteiger partial charge on any atom is 0.305 e. The number of carbonyl (C=O) groups is 1. The van der Waals surface area contributed by atoms with Crippen LogP contribution in [0.5, 0.6) is 0 Å². The minimum absolute atomic E-state index is 0.265. The van der Waals surface area contributed by atoms with E-state index in [1.165, 1.54) is 7.11 Å². The second-order valence-electron chi connectivity index (χ2n) is 6.63. The first-order valence-electron chi connectivity index (χ1n) is 9.71. The molecular formula is C22H36O5. The monoisotopic (exact) mass is 380 g/mol. The van der Waals surface area contributed by atoms with Crippen molar-refractivity contribution in [1.82, 2.24) is 0 Å². The molecule has 0 saturated heterocycles. The molecule has 0 aromatic heterocycles. The Morgan fingerprint density at radius 1 is 1.00 bits per heavy atom. The molecule has 0 rings (SSSR count). The SMILES string of the molecule is CCCCC[C@@H](O)[C@H](O)/C=C/C=C/C=C(C)\C=C\[C@@H](O)CCCC(=O)OC. The molecule has 0 radical (unpaired) electrons. The third kappa shape index (κ3) is 15.1. The van der Waals surface area contributed by atoms with Gasteiger partial charge in [-0.15, -0.1) is 0 Å². The summed E-state index contributed by atoms with van der Waals surface area (Å²) >= 11 is 0. The van der Waals surface area contributed by atoms with Crippen LogP contribution in [0.15, 0.2) is 48.1 Å². The predicted molar refractivity (Wildman–Crippen MR) is 109 cm³/mol. The van der Waals surface area contributed by atoms with Crippen molar-refractivity contribution in [2.45, 2.75) is 77.1 Å². The van der Waals surface area contributed by atoms with Crippen LogP contribution < -0.4 is 0 Å². The molecule has 0 heterocycles. The van der Waals surface area contributed by atoms with Crippen LogP contribution in [0.1, 0.15) is 58.8 Å². The van der Waals surface area contributed by atoms with Crippen LogP contribution in [0.4, 0.5) is 0 Å². The molecule has 0 aromatic rings. The minimum atomic E-state index is -0.850. The van der Waals surface area contributed by atoms with Gasteiger partial charge in [0.1, 0.15) is 0 Å². The van der Waals surface area contributed by atoms with Gasteiger partial charge in [0.15, 0.2) is 0 Å². The van der Waals surface area contributed by atoms with Crippen molar-refractivity contribution in [2.75, 3.05) is 7.11 Å². The molecule has 0 unspecified atom stereocenters. The number of unbranched alkanes of at least 4 members (excludes halogenated alkanes) is 2. The minimum Gasteiger partial charge on any atom is -0.469 e. The Hall–Kier alpha value is -1.69. The molecule has 0 aliphatic rings. The van der Waals surface area contributed by atoms with Crippen LogP contribution >= 0.6 is 0 Å². The zero-order valence-corrected chi connectivity index (χ0v) is 16.9. The van der Waals surface area contributed by atoms with Crippen molar-refractivity contribution >= 4 is 5.97 Å². The Bertz CT molecular complexity index is 505. The quantitative estimate of drug-likeness (QED) is 0.243. The van der Waals surface area contributed by atoms with Crippen LogP contribution in [0.3, 0.4) is 0 Å². The standard InChI is InChI=1S/C22H36O5/c1-4-5-7-13-20(24)21(25)14-9-6-8-11-18(2)16-17-19(23)12-10-15-22(26)27-3/h6,8-9,11,14,16-17,19-21,23-25H,4-5,7,10,12-13,15H2,1-3H3/b8-6+,14-9+,17-16+,18-11-/t19-,20+,21+/m0/s1. The Balaban J connectivity index is 4.18. The number of aliphatic hydroxyl groups excluding tert-OH is 3. The molecule has 154 valence electrons. The zero-order chi connectivity index (χ0) is 20.5. The zero-order valence-electron chi connectivity index (χ0n) is 16.9. The summed E-state index contributed by atoms with van der Waals surface area (Å²) in [6.07, 6.45) is 15.2. The molecule has 0 aromatic carbocycles. The van der Waals surface area contributed by atoms with Crippen LogP contribution in [0, 0.1) is 0 Å². The predicted octanol–water partition coefficient (Wildman–Crippen LogP) is 3.61.